The van der Waals surface area contributed by atoms with Gasteiger partial charge in [-0.25, -0.2) is 0 Å². The maximum Gasteiger partial charge on any atom is 0.260 e. The highest BCUT2D eigenvalue weighted by atomic mass is 16.5. The van der Waals surface area contributed by atoms with Crippen LogP contribution in [-0.4, -0.2) is 30.5 Å². The molecule has 0 atom stereocenters. The lowest BCUT2D eigenvalue weighted by Gasteiger charge is -2.32. The zero-order valence-corrected chi connectivity index (χ0v) is 16.8. The summed E-state index contributed by atoms with van der Waals surface area (Å²) in [5.41, 5.74) is 2.53. The van der Waals surface area contributed by atoms with Gasteiger partial charge in [0.1, 0.15) is 5.75 Å². The molecule has 27 heavy (non-hydrogen) atoms. The quantitative estimate of drug-likeness (QED) is 0.758. The SMILES string of the molecule is CC(C)(C)c1ccccc1OCC(=O)N1CCC(Cc2ccccc2)CC1. The van der Waals surface area contributed by atoms with Crippen molar-refractivity contribution in [3.05, 3.63) is 65.7 Å². The van der Waals surface area contributed by atoms with Gasteiger partial charge in [-0.3, -0.25) is 4.79 Å². The maximum absolute atomic E-state index is 12.6. The molecule has 1 amide bonds. The molecule has 2 aromatic rings. The average molecular weight is 366 g/mol. The Hall–Kier alpha value is -2.29. The van der Waals surface area contributed by atoms with Crippen LogP contribution in [0.5, 0.6) is 5.75 Å². The minimum absolute atomic E-state index is 0.00454. The monoisotopic (exact) mass is 365 g/mol. The van der Waals surface area contributed by atoms with E-state index in [9.17, 15) is 4.79 Å². The van der Waals surface area contributed by atoms with Crippen LogP contribution in [0.15, 0.2) is 54.6 Å². The molecular weight excluding hydrogens is 334 g/mol. The minimum atomic E-state index is -0.00454. The molecule has 1 aliphatic heterocycles. The molecule has 144 valence electrons. The van der Waals surface area contributed by atoms with E-state index in [0.29, 0.717) is 5.92 Å². The number of rotatable bonds is 5. The molecule has 0 bridgehead atoms. The van der Waals surface area contributed by atoms with Gasteiger partial charge in [-0.15, -0.1) is 0 Å². The van der Waals surface area contributed by atoms with Crippen LogP contribution in [-0.2, 0) is 16.6 Å². The fourth-order valence-corrected chi connectivity index (χ4v) is 3.78. The van der Waals surface area contributed by atoms with Crippen LogP contribution in [0.3, 0.4) is 0 Å². The van der Waals surface area contributed by atoms with Crippen molar-refractivity contribution in [1.82, 2.24) is 4.90 Å². The number of nitrogens with zero attached hydrogens (tertiary/aromatic N) is 1. The molecule has 0 N–H and O–H groups in total. The molecule has 1 fully saturated rings. The van der Waals surface area contributed by atoms with E-state index in [0.717, 1.165) is 43.7 Å². The Labute approximate surface area is 163 Å². The summed E-state index contributed by atoms with van der Waals surface area (Å²) < 4.78 is 5.91. The molecule has 0 saturated carbocycles. The van der Waals surface area contributed by atoms with Gasteiger partial charge < -0.3 is 9.64 Å². The van der Waals surface area contributed by atoms with Gasteiger partial charge in [0.05, 0.1) is 0 Å². The molecule has 0 aliphatic carbocycles. The number of ether oxygens (including phenoxy) is 1. The molecule has 1 heterocycles. The van der Waals surface area contributed by atoms with E-state index >= 15 is 0 Å². The van der Waals surface area contributed by atoms with Crippen LogP contribution in [0.2, 0.25) is 0 Å². The predicted octanol–water partition coefficient (Wildman–Crippen LogP) is 4.84. The zero-order valence-electron chi connectivity index (χ0n) is 16.8. The third-order valence-corrected chi connectivity index (χ3v) is 5.38. The van der Waals surface area contributed by atoms with E-state index in [1.807, 2.05) is 23.1 Å². The summed E-state index contributed by atoms with van der Waals surface area (Å²) in [5, 5.41) is 0. The molecule has 3 heteroatoms. The lowest BCUT2D eigenvalue weighted by atomic mass is 9.86. The van der Waals surface area contributed by atoms with Gasteiger partial charge in [-0.2, -0.15) is 0 Å². The molecule has 3 nitrogen and oxygen atoms in total. The Balaban J connectivity index is 1.49. The van der Waals surface area contributed by atoms with Crippen LogP contribution in [0, 0.1) is 5.92 Å². The molecule has 0 unspecified atom stereocenters. The lowest BCUT2D eigenvalue weighted by Crippen LogP contribution is -2.41. The topological polar surface area (TPSA) is 29.5 Å². The van der Waals surface area contributed by atoms with Gasteiger partial charge in [-0.05, 0) is 47.8 Å². The number of hydrogen-bond donors (Lipinski definition) is 0. The summed E-state index contributed by atoms with van der Waals surface area (Å²) in [6.07, 6.45) is 3.25. The molecule has 2 aromatic carbocycles. The van der Waals surface area contributed by atoms with Gasteiger partial charge >= 0.3 is 0 Å². The number of likely N-dealkylation sites (tertiary alicyclic amines) is 1. The Morgan fingerprint density at radius 3 is 2.30 bits per heavy atom. The lowest BCUT2D eigenvalue weighted by molar-refractivity contribution is -0.134. The maximum atomic E-state index is 12.6. The summed E-state index contributed by atoms with van der Waals surface area (Å²) in [4.78, 5) is 14.6. The van der Waals surface area contributed by atoms with E-state index in [-0.39, 0.29) is 17.9 Å². The number of hydrogen-bond acceptors (Lipinski definition) is 2. The van der Waals surface area contributed by atoms with E-state index in [1.54, 1.807) is 0 Å². The first-order valence-electron chi connectivity index (χ1n) is 9.97. The van der Waals surface area contributed by atoms with Crippen molar-refractivity contribution in [2.45, 2.75) is 45.4 Å². The number of amides is 1. The first-order valence-corrected chi connectivity index (χ1v) is 9.97. The summed E-state index contributed by atoms with van der Waals surface area (Å²) in [7, 11) is 0. The van der Waals surface area contributed by atoms with E-state index in [2.05, 4.69) is 57.2 Å². The van der Waals surface area contributed by atoms with Crippen molar-refractivity contribution in [2.75, 3.05) is 19.7 Å². The van der Waals surface area contributed by atoms with Gasteiger partial charge in [-0.1, -0.05) is 69.3 Å². The van der Waals surface area contributed by atoms with Crippen molar-refractivity contribution < 1.29 is 9.53 Å². The van der Waals surface area contributed by atoms with Crippen molar-refractivity contribution >= 4 is 5.91 Å². The highest BCUT2D eigenvalue weighted by Gasteiger charge is 2.24. The zero-order chi connectivity index (χ0) is 19.3. The van der Waals surface area contributed by atoms with Crippen LogP contribution in [0.25, 0.3) is 0 Å². The smallest absolute Gasteiger partial charge is 0.260 e. The van der Waals surface area contributed by atoms with Crippen LogP contribution in [0.4, 0.5) is 0 Å². The van der Waals surface area contributed by atoms with Crippen molar-refractivity contribution in [2.24, 2.45) is 5.92 Å². The summed E-state index contributed by atoms with van der Waals surface area (Å²) >= 11 is 0. The second kappa shape index (κ2) is 8.60. The first-order chi connectivity index (χ1) is 12.9. The van der Waals surface area contributed by atoms with Crippen LogP contribution >= 0.6 is 0 Å². The number of carbonyl (C=O) groups is 1. The second-order valence-electron chi connectivity index (χ2n) is 8.55. The Bertz CT molecular complexity index is 740. The summed E-state index contributed by atoms with van der Waals surface area (Å²) in [5.74, 6) is 1.58. The minimum Gasteiger partial charge on any atom is -0.483 e. The molecule has 1 saturated heterocycles. The molecule has 3 rings (SSSR count). The van der Waals surface area contributed by atoms with Gasteiger partial charge in [0, 0.05) is 13.1 Å². The van der Waals surface area contributed by atoms with Gasteiger partial charge in [0.15, 0.2) is 6.61 Å². The summed E-state index contributed by atoms with van der Waals surface area (Å²) in [6, 6.07) is 18.7. The third kappa shape index (κ3) is 5.35. The van der Waals surface area contributed by atoms with Crippen molar-refractivity contribution in [1.29, 1.82) is 0 Å². The summed E-state index contributed by atoms with van der Waals surface area (Å²) in [6.45, 7) is 8.27. The largest absolute Gasteiger partial charge is 0.483 e. The Morgan fingerprint density at radius 2 is 1.63 bits per heavy atom. The molecule has 0 spiro atoms. The third-order valence-electron chi connectivity index (χ3n) is 5.38. The first kappa shape index (κ1) is 19.5. The Kier molecular flexibility index (Phi) is 6.20. The van der Waals surface area contributed by atoms with Crippen LogP contribution in [0.1, 0.15) is 44.7 Å². The number of piperidine rings is 1. The van der Waals surface area contributed by atoms with Crippen molar-refractivity contribution in [3.8, 4) is 5.75 Å². The molecular formula is C24H31NO2. The Morgan fingerprint density at radius 1 is 1.00 bits per heavy atom. The average Bonchev–Trinajstić information content (AvgIpc) is 2.67. The fourth-order valence-electron chi connectivity index (χ4n) is 3.78. The standard InChI is InChI=1S/C24H31NO2/c1-24(2,3)21-11-7-8-12-22(21)27-18-23(26)25-15-13-20(14-16-25)17-19-9-5-4-6-10-19/h4-12,20H,13-18H2,1-3H3. The number of benzene rings is 2. The van der Waals surface area contributed by atoms with Crippen LogP contribution < -0.4 is 4.74 Å². The second-order valence-corrected chi connectivity index (χ2v) is 8.55. The molecule has 0 aromatic heterocycles. The van der Waals surface area contributed by atoms with Crippen molar-refractivity contribution in [3.63, 3.8) is 0 Å². The van der Waals surface area contributed by atoms with Gasteiger partial charge in [0.25, 0.3) is 5.91 Å². The number of para-hydroxylation sites is 1. The van der Waals surface area contributed by atoms with E-state index in [4.69, 9.17) is 4.74 Å². The highest BCUT2D eigenvalue weighted by molar-refractivity contribution is 5.77. The molecule has 0 radical (unpaired) electrons. The highest BCUT2D eigenvalue weighted by Crippen LogP contribution is 2.31. The normalized spacial score (nSPS) is 15.6. The fraction of sp³-hybridized carbons (Fsp3) is 0.458. The predicted molar refractivity (Wildman–Crippen MR) is 110 cm³/mol. The van der Waals surface area contributed by atoms with Gasteiger partial charge in [0.2, 0.25) is 0 Å². The van der Waals surface area contributed by atoms with E-state index in [1.165, 1.54) is 5.56 Å². The number of carbonyl (C=O) groups excluding carboxylic acids is 1. The van der Waals surface area contributed by atoms with E-state index < -0.39 is 0 Å². The molecule has 1 aliphatic rings.